The van der Waals surface area contributed by atoms with Crippen molar-refractivity contribution in [3.8, 4) is 5.82 Å². The highest BCUT2D eigenvalue weighted by Gasteiger charge is 2.21. The molecule has 0 spiro atoms. The van der Waals surface area contributed by atoms with Crippen LogP contribution in [0.1, 0.15) is 33.4 Å². The topological polar surface area (TPSA) is 59.8 Å². The molecule has 0 saturated heterocycles. The second-order valence-electron chi connectivity index (χ2n) is 6.14. The molecule has 2 heterocycles. The van der Waals surface area contributed by atoms with Gasteiger partial charge in [0.2, 0.25) is 5.91 Å². The fourth-order valence-corrected chi connectivity index (χ4v) is 1.91. The Balaban J connectivity index is 2.37. The van der Waals surface area contributed by atoms with Crippen molar-refractivity contribution in [1.29, 1.82) is 0 Å². The molecule has 2 aromatic heterocycles. The second kappa shape index (κ2) is 7.05. The lowest BCUT2D eigenvalue weighted by Crippen LogP contribution is -2.13. The van der Waals surface area contributed by atoms with Crippen molar-refractivity contribution >= 4 is 11.7 Å². The summed E-state index contributed by atoms with van der Waals surface area (Å²) in [5, 5.41) is 7.46. The van der Waals surface area contributed by atoms with Gasteiger partial charge in [0.1, 0.15) is 5.82 Å². The maximum Gasteiger partial charge on any atom is 0.249 e. The van der Waals surface area contributed by atoms with Crippen molar-refractivity contribution in [2.45, 2.75) is 33.1 Å². The number of hydrogen-bond acceptors (Lipinski definition) is 3. The summed E-state index contributed by atoms with van der Waals surface area (Å²) < 4.78 is 1.65. The predicted molar refractivity (Wildman–Crippen MR) is 92.6 cm³/mol. The first-order valence-electron chi connectivity index (χ1n) is 7.54. The van der Waals surface area contributed by atoms with Crippen LogP contribution in [0.25, 0.3) is 5.82 Å². The van der Waals surface area contributed by atoms with E-state index in [0.717, 1.165) is 5.69 Å². The van der Waals surface area contributed by atoms with Gasteiger partial charge >= 0.3 is 0 Å². The number of nitrogens with one attached hydrogen (secondary N) is 1. The molecule has 2 aromatic rings. The Morgan fingerprint density at radius 2 is 2.04 bits per heavy atom. The summed E-state index contributed by atoms with van der Waals surface area (Å²) in [4.78, 5) is 16.3. The molecule has 0 saturated carbocycles. The normalized spacial score (nSPS) is 12.2. The van der Waals surface area contributed by atoms with E-state index in [9.17, 15) is 4.79 Å². The average molecular weight is 310 g/mol. The number of carbonyl (C=O) groups is 1. The van der Waals surface area contributed by atoms with E-state index in [4.69, 9.17) is 0 Å². The van der Waals surface area contributed by atoms with Crippen LogP contribution in [0.2, 0.25) is 0 Å². The fraction of sp³-hybridized carbons (Fsp3) is 0.278. The largest absolute Gasteiger partial charge is 0.307 e. The molecular weight excluding hydrogens is 288 g/mol. The van der Waals surface area contributed by atoms with Gasteiger partial charge < -0.3 is 5.32 Å². The molecule has 0 aromatic carbocycles. The van der Waals surface area contributed by atoms with Crippen molar-refractivity contribution in [2.75, 3.05) is 5.32 Å². The van der Waals surface area contributed by atoms with Gasteiger partial charge in [0.05, 0.1) is 5.69 Å². The van der Waals surface area contributed by atoms with Crippen molar-refractivity contribution in [3.05, 3.63) is 60.5 Å². The Bertz CT molecular complexity index is 721. The summed E-state index contributed by atoms with van der Waals surface area (Å²) in [5.41, 5.74) is 0.760. The Morgan fingerprint density at radius 3 is 2.65 bits per heavy atom. The van der Waals surface area contributed by atoms with E-state index >= 15 is 0 Å². The molecule has 23 heavy (non-hydrogen) atoms. The minimum Gasteiger partial charge on any atom is -0.307 e. The summed E-state index contributed by atoms with van der Waals surface area (Å²) >= 11 is 0. The molecule has 5 nitrogen and oxygen atoms in total. The van der Waals surface area contributed by atoms with E-state index < -0.39 is 0 Å². The SMILES string of the molecule is CC=CC=CC(=O)Nc1cc(C(C)(C)C)nn1-c1ccccn1. The first-order valence-corrected chi connectivity index (χ1v) is 7.54. The molecule has 0 unspecified atom stereocenters. The van der Waals surface area contributed by atoms with Crippen LogP contribution in [0.5, 0.6) is 0 Å². The van der Waals surface area contributed by atoms with Crippen LogP contribution in [-0.4, -0.2) is 20.7 Å². The smallest absolute Gasteiger partial charge is 0.249 e. The first kappa shape index (κ1) is 16.7. The number of pyridine rings is 1. The lowest BCUT2D eigenvalue weighted by Gasteiger charge is -2.13. The van der Waals surface area contributed by atoms with Crippen LogP contribution < -0.4 is 5.32 Å². The number of anilines is 1. The Kier molecular flexibility index (Phi) is 5.11. The third kappa shape index (κ3) is 4.39. The van der Waals surface area contributed by atoms with Gasteiger partial charge in [-0.1, -0.05) is 45.1 Å². The van der Waals surface area contributed by atoms with E-state index in [2.05, 4.69) is 36.2 Å². The van der Waals surface area contributed by atoms with Crippen LogP contribution in [0, 0.1) is 0 Å². The van der Waals surface area contributed by atoms with Gasteiger partial charge in [-0.3, -0.25) is 4.79 Å². The van der Waals surface area contributed by atoms with Gasteiger partial charge in [-0.15, -0.1) is 0 Å². The molecule has 1 amide bonds. The van der Waals surface area contributed by atoms with Gasteiger partial charge in [0, 0.05) is 23.8 Å². The Labute approximate surface area is 136 Å². The highest BCUT2D eigenvalue weighted by Crippen LogP contribution is 2.25. The monoisotopic (exact) mass is 310 g/mol. The van der Waals surface area contributed by atoms with Crippen molar-refractivity contribution in [1.82, 2.24) is 14.8 Å². The van der Waals surface area contributed by atoms with E-state index in [1.165, 1.54) is 6.08 Å². The highest BCUT2D eigenvalue weighted by molar-refractivity contribution is 5.99. The van der Waals surface area contributed by atoms with Gasteiger partial charge in [0.25, 0.3) is 0 Å². The van der Waals surface area contributed by atoms with E-state index in [1.54, 1.807) is 23.0 Å². The zero-order valence-corrected chi connectivity index (χ0v) is 13.9. The van der Waals surface area contributed by atoms with Crippen molar-refractivity contribution < 1.29 is 4.79 Å². The molecule has 0 radical (unpaired) electrons. The molecule has 120 valence electrons. The molecule has 0 fully saturated rings. The van der Waals surface area contributed by atoms with Crippen molar-refractivity contribution in [2.24, 2.45) is 0 Å². The Morgan fingerprint density at radius 1 is 1.26 bits per heavy atom. The second-order valence-corrected chi connectivity index (χ2v) is 6.14. The fourth-order valence-electron chi connectivity index (χ4n) is 1.91. The number of carbonyl (C=O) groups excluding carboxylic acids is 1. The molecule has 0 aliphatic heterocycles. The summed E-state index contributed by atoms with van der Waals surface area (Å²) in [6, 6.07) is 7.47. The number of nitrogens with zero attached hydrogens (tertiary/aromatic N) is 3. The number of hydrogen-bond donors (Lipinski definition) is 1. The van der Waals surface area contributed by atoms with E-state index in [0.29, 0.717) is 11.6 Å². The third-order valence-corrected chi connectivity index (χ3v) is 3.15. The standard InChI is InChI=1S/C18H22N4O/c1-5-6-7-11-17(23)20-16-13-14(18(2,3)4)21-22(16)15-10-8-9-12-19-15/h5-13H,1-4H3,(H,20,23). The quantitative estimate of drug-likeness (QED) is 0.693. The van der Waals surface area contributed by atoms with E-state index in [1.807, 2.05) is 37.3 Å². The number of aromatic nitrogens is 3. The molecule has 0 aliphatic carbocycles. The minimum absolute atomic E-state index is 0.125. The zero-order chi connectivity index (χ0) is 16.9. The predicted octanol–water partition coefficient (Wildman–Crippen LogP) is 3.64. The maximum absolute atomic E-state index is 12.0. The number of allylic oxidation sites excluding steroid dienone is 3. The van der Waals surface area contributed by atoms with Gasteiger partial charge in [-0.2, -0.15) is 9.78 Å². The van der Waals surface area contributed by atoms with Gasteiger partial charge in [-0.25, -0.2) is 4.98 Å². The lowest BCUT2D eigenvalue weighted by atomic mass is 9.92. The summed E-state index contributed by atoms with van der Waals surface area (Å²) in [5.74, 6) is 1.06. The number of amides is 1. The summed E-state index contributed by atoms with van der Waals surface area (Å²) in [6.45, 7) is 8.13. The van der Waals surface area contributed by atoms with Gasteiger partial charge in [-0.05, 0) is 19.1 Å². The minimum atomic E-state index is -0.208. The average Bonchev–Trinajstić information content (AvgIpc) is 2.92. The summed E-state index contributed by atoms with van der Waals surface area (Å²) in [7, 11) is 0. The van der Waals surface area contributed by atoms with Crippen LogP contribution >= 0.6 is 0 Å². The van der Waals surface area contributed by atoms with Crippen LogP contribution in [0.3, 0.4) is 0 Å². The molecular formula is C18H22N4O. The molecule has 0 atom stereocenters. The van der Waals surface area contributed by atoms with Crippen LogP contribution in [0.4, 0.5) is 5.82 Å². The molecule has 0 aliphatic rings. The Hall–Kier alpha value is -2.69. The summed E-state index contributed by atoms with van der Waals surface area (Å²) in [6.07, 6.45) is 8.54. The molecule has 5 heteroatoms. The first-order chi connectivity index (χ1) is 10.9. The third-order valence-electron chi connectivity index (χ3n) is 3.15. The van der Waals surface area contributed by atoms with Crippen LogP contribution in [0.15, 0.2) is 54.8 Å². The molecule has 0 bridgehead atoms. The highest BCUT2D eigenvalue weighted by atomic mass is 16.1. The zero-order valence-electron chi connectivity index (χ0n) is 13.9. The van der Waals surface area contributed by atoms with Crippen molar-refractivity contribution in [3.63, 3.8) is 0 Å². The van der Waals surface area contributed by atoms with E-state index in [-0.39, 0.29) is 11.3 Å². The lowest BCUT2D eigenvalue weighted by molar-refractivity contribution is -0.111. The number of rotatable bonds is 4. The molecule has 1 N–H and O–H groups in total. The maximum atomic E-state index is 12.0. The van der Waals surface area contributed by atoms with Crippen LogP contribution in [-0.2, 0) is 10.2 Å². The molecule has 2 rings (SSSR count). The van der Waals surface area contributed by atoms with Gasteiger partial charge in [0.15, 0.2) is 5.82 Å².